The summed E-state index contributed by atoms with van der Waals surface area (Å²) in [5, 5.41) is 3.49. The molecule has 2 heterocycles. The quantitative estimate of drug-likeness (QED) is 0.825. The Bertz CT molecular complexity index is 586. The molecule has 0 atom stereocenters. The third kappa shape index (κ3) is 3.06. The van der Waals surface area contributed by atoms with E-state index in [2.05, 4.69) is 38.3 Å². The monoisotopic (exact) mass is 398 g/mol. The van der Waals surface area contributed by atoms with Crippen LogP contribution in [0.3, 0.4) is 0 Å². The number of rotatable bonds is 2. The van der Waals surface area contributed by atoms with Crippen LogP contribution in [-0.2, 0) is 10.2 Å². The zero-order valence-corrected chi connectivity index (χ0v) is 15.7. The van der Waals surface area contributed by atoms with Crippen LogP contribution in [0.2, 0.25) is 0 Å². The fourth-order valence-electron chi connectivity index (χ4n) is 4.25. The van der Waals surface area contributed by atoms with E-state index in [0.29, 0.717) is 11.3 Å². The molecule has 23 heavy (non-hydrogen) atoms. The molecule has 1 N–H and O–H groups in total. The van der Waals surface area contributed by atoms with E-state index < -0.39 is 0 Å². The Morgan fingerprint density at radius 1 is 1.13 bits per heavy atom. The SMILES string of the molecule is Cl.O=C(N1CCC2(CCNC2)CC1)C1(c2cccc(Br)c2)CC1. The van der Waals surface area contributed by atoms with Gasteiger partial charge in [-0.05, 0) is 61.8 Å². The van der Waals surface area contributed by atoms with Gasteiger partial charge in [-0.15, -0.1) is 12.4 Å². The molecule has 0 aromatic heterocycles. The van der Waals surface area contributed by atoms with Gasteiger partial charge in [0.15, 0.2) is 0 Å². The zero-order chi connectivity index (χ0) is 15.2. The molecule has 0 unspecified atom stereocenters. The van der Waals surface area contributed by atoms with Crippen molar-refractivity contribution in [2.75, 3.05) is 26.2 Å². The fourth-order valence-corrected chi connectivity index (χ4v) is 4.65. The third-order valence-electron chi connectivity index (χ3n) is 5.98. The number of nitrogens with one attached hydrogen (secondary N) is 1. The van der Waals surface area contributed by atoms with E-state index >= 15 is 0 Å². The van der Waals surface area contributed by atoms with Gasteiger partial charge in [-0.3, -0.25) is 4.79 Å². The van der Waals surface area contributed by atoms with Crippen molar-refractivity contribution in [2.24, 2.45) is 5.41 Å². The van der Waals surface area contributed by atoms with Crippen LogP contribution < -0.4 is 5.32 Å². The Hall–Kier alpha value is -0.580. The number of hydrogen-bond donors (Lipinski definition) is 1. The topological polar surface area (TPSA) is 32.3 Å². The Balaban J connectivity index is 0.00000156. The van der Waals surface area contributed by atoms with Gasteiger partial charge in [0.05, 0.1) is 5.41 Å². The van der Waals surface area contributed by atoms with Gasteiger partial charge in [0.1, 0.15) is 0 Å². The second-order valence-corrected chi connectivity index (χ2v) is 8.23. The average Bonchev–Trinajstić information content (AvgIpc) is 3.24. The van der Waals surface area contributed by atoms with Gasteiger partial charge in [-0.2, -0.15) is 0 Å². The molecule has 3 nitrogen and oxygen atoms in total. The lowest BCUT2D eigenvalue weighted by Crippen LogP contribution is -2.47. The van der Waals surface area contributed by atoms with Crippen molar-refractivity contribution in [2.45, 2.75) is 37.5 Å². The van der Waals surface area contributed by atoms with E-state index in [1.807, 2.05) is 12.1 Å². The maximum Gasteiger partial charge on any atom is 0.233 e. The van der Waals surface area contributed by atoms with Crippen LogP contribution in [0.4, 0.5) is 0 Å². The Morgan fingerprint density at radius 3 is 2.43 bits per heavy atom. The molecule has 1 aromatic rings. The van der Waals surface area contributed by atoms with Gasteiger partial charge in [0, 0.05) is 24.1 Å². The van der Waals surface area contributed by atoms with Crippen LogP contribution >= 0.6 is 28.3 Å². The Morgan fingerprint density at radius 2 is 1.87 bits per heavy atom. The highest BCUT2D eigenvalue weighted by molar-refractivity contribution is 9.10. The van der Waals surface area contributed by atoms with Crippen molar-refractivity contribution < 1.29 is 4.79 Å². The minimum Gasteiger partial charge on any atom is -0.342 e. The highest BCUT2D eigenvalue weighted by atomic mass is 79.9. The number of carbonyl (C=O) groups excluding carboxylic acids is 1. The summed E-state index contributed by atoms with van der Waals surface area (Å²) in [5.41, 5.74) is 1.44. The number of benzene rings is 1. The van der Waals surface area contributed by atoms with Gasteiger partial charge in [-0.1, -0.05) is 28.1 Å². The van der Waals surface area contributed by atoms with Crippen molar-refractivity contribution in [3.8, 4) is 0 Å². The molecule has 1 aliphatic carbocycles. The van der Waals surface area contributed by atoms with E-state index in [4.69, 9.17) is 0 Å². The summed E-state index contributed by atoms with van der Waals surface area (Å²) in [4.78, 5) is 15.2. The maximum absolute atomic E-state index is 13.1. The van der Waals surface area contributed by atoms with Gasteiger partial charge in [-0.25, -0.2) is 0 Å². The Labute approximate surface area is 152 Å². The number of hydrogen-bond acceptors (Lipinski definition) is 2. The van der Waals surface area contributed by atoms with E-state index in [9.17, 15) is 4.79 Å². The van der Waals surface area contributed by atoms with Crippen molar-refractivity contribution in [3.63, 3.8) is 0 Å². The molecule has 126 valence electrons. The Kier molecular flexibility index (Phi) is 4.78. The van der Waals surface area contributed by atoms with Gasteiger partial charge in [0.25, 0.3) is 0 Å². The number of piperidine rings is 1. The first kappa shape index (κ1) is 17.2. The molecule has 2 saturated heterocycles. The minimum absolute atomic E-state index is 0. The van der Waals surface area contributed by atoms with Crippen LogP contribution in [0, 0.1) is 5.41 Å². The largest absolute Gasteiger partial charge is 0.342 e. The van der Waals surface area contributed by atoms with Gasteiger partial charge >= 0.3 is 0 Å². The smallest absolute Gasteiger partial charge is 0.233 e. The number of nitrogens with zero attached hydrogens (tertiary/aromatic N) is 1. The van der Waals surface area contributed by atoms with E-state index in [-0.39, 0.29) is 17.8 Å². The predicted molar refractivity (Wildman–Crippen MR) is 98.0 cm³/mol. The predicted octanol–water partition coefficient (Wildman–Crippen LogP) is 3.50. The standard InChI is InChI=1S/C18H23BrN2O.ClH/c19-15-3-1-2-14(12-15)18(4-5-18)16(22)21-10-7-17(8-11-21)6-9-20-13-17;/h1-3,12,20H,4-11,13H2;1H. The normalized spacial score (nSPS) is 24.3. The van der Waals surface area contributed by atoms with E-state index in [1.54, 1.807) is 0 Å². The average molecular weight is 400 g/mol. The van der Waals surface area contributed by atoms with Crippen molar-refractivity contribution in [1.82, 2.24) is 10.2 Å². The summed E-state index contributed by atoms with van der Waals surface area (Å²) in [6.07, 6.45) is 5.63. The van der Waals surface area contributed by atoms with Crippen LogP contribution in [0.25, 0.3) is 0 Å². The number of amides is 1. The van der Waals surface area contributed by atoms with Crippen LogP contribution in [0.5, 0.6) is 0 Å². The first-order valence-corrected chi connectivity index (χ1v) is 9.19. The van der Waals surface area contributed by atoms with Crippen LogP contribution in [0.1, 0.15) is 37.7 Å². The first-order valence-electron chi connectivity index (χ1n) is 8.40. The molecule has 1 spiro atoms. The lowest BCUT2D eigenvalue weighted by atomic mass is 9.77. The third-order valence-corrected chi connectivity index (χ3v) is 6.47. The molecular formula is C18H24BrClN2O. The lowest BCUT2D eigenvalue weighted by Gasteiger charge is -2.40. The second-order valence-electron chi connectivity index (χ2n) is 7.31. The van der Waals surface area contributed by atoms with E-state index in [1.165, 1.54) is 24.8 Å². The molecule has 3 aliphatic rings. The van der Waals surface area contributed by atoms with Crippen molar-refractivity contribution in [3.05, 3.63) is 34.3 Å². The molecule has 1 aromatic carbocycles. The summed E-state index contributed by atoms with van der Waals surface area (Å²) >= 11 is 3.54. The highest BCUT2D eigenvalue weighted by Gasteiger charge is 2.54. The fraction of sp³-hybridized carbons (Fsp3) is 0.611. The molecule has 4 rings (SSSR count). The molecule has 2 aliphatic heterocycles. The van der Waals surface area contributed by atoms with Crippen molar-refractivity contribution in [1.29, 1.82) is 0 Å². The van der Waals surface area contributed by atoms with Gasteiger partial charge < -0.3 is 10.2 Å². The summed E-state index contributed by atoms with van der Waals surface area (Å²) < 4.78 is 1.07. The maximum atomic E-state index is 13.1. The highest BCUT2D eigenvalue weighted by Crippen LogP contribution is 2.51. The van der Waals surface area contributed by atoms with Crippen LogP contribution in [-0.4, -0.2) is 37.0 Å². The first-order chi connectivity index (χ1) is 10.6. The minimum atomic E-state index is -0.220. The van der Waals surface area contributed by atoms with Gasteiger partial charge in [0.2, 0.25) is 5.91 Å². The molecule has 5 heteroatoms. The zero-order valence-electron chi connectivity index (χ0n) is 13.3. The molecular weight excluding hydrogens is 376 g/mol. The second kappa shape index (κ2) is 6.38. The molecule has 0 radical (unpaired) electrons. The summed E-state index contributed by atoms with van der Waals surface area (Å²) in [6, 6.07) is 8.31. The summed E-state index contributed by atoms with van der Waals surface area (Å²) in [6.45, 7) is 4.17. The molecule has 1 amide bonds. The summed E-state index contributed by atoms with van der Waals surface area (Å²) in [5.74, 6) is 0.367. The van der Waals surface area contributed by atoms with E-state index in [0.717, 1.165) is 43.5 Å². The van der Waals surface area contributed by atoms with Crippen molar-refractivity contribution >= 4 is 34.2 Å². The molecule has 0 bridgehead atoms. The lowest BCUT2D eigenvalue weighted by molar-refractivity contribution is -0.136. The van der Waals surface area contributed by atoms with Crippen LogP contribution in [0.15, 0.2) is 28.7 Å². The summed E-state index contributed by atoms with van der Waals surface area (Å²) in [7, 11) is 0. The molecule has 3 fully saturated rings. The number of likely N-dealkylation sites (tertiary alicyclic amines) is 1. The molecule has 1 saturated carbocycles. The number of halogens is 2. The number of carbonyl (C=O) groups is 1.